The topological polar surface area (TPSA) is 38.9 Å². The van der Waals surface area contributed by atoms with Crippen molar-refractivity contribution in [1.29, 1.82) is 0 Å². The van der Waals surface area contributed by atoms with Crippen LogP contribution in [0.2, 0.25) is 0 Å². The summed E-state index contributed by atoms with van der Waals surface area (Å²) < 4.78 is 37.5. The van der Waals surface area contributed by atoms with E-state index in [0.29, 0.717) is 11.3 Å². The minimum Gasteiger partial charge on any atom is -0.399 e. The fraction of sp³-hybridized carbons (Fsp3) is 0.0833. The van der Waals surface area contributed by atoms with Crippen molar-refractivity contribution < 1.29 is 13.2 Å². The zero-order chi connectivity index (χ0) is 12.5. The van der Waals surface area contributed by atoms with Crippen molar-refractivity contribution in [2.24, 2.45) is 0 Å². The summed E-state index contributed by atoms with van der Waals surface area (Å²) in [4.78, 5) is 3.91. The van der Waals surface area contributed by atoms with Gasteiger partial charge in [0, 0.05) is 17.4 Å². The lowest BCUT2D eigenvalue weighted by molar-refractivity contribution is -0.137. The Morgan fingerprint density at radius 1 is 1.00 bits per heavy atom. The molecule has 0 aliphatic rings. The summed E-state index contributed by atoms with van der Waals surface area (Å²) in [5.41, 5.74) is 6.23. The molecule has 0 aliphatic carbocycles. The van der Waals surface area contributed by atoms with Gasteiger partial charge in [0.15, 0.2) is 0 Å². The average Bonchev–Trinajstić information content (AvgIpc) is 2.29. The Hall–Kier alpha value is -2.04. The van der Waals surface area contributed by atoms with Crippen LogP contribution in [0.5, 0.6) is 0 Å². The Morgan fingerprint density at radius 2 is 1.65 bits per heavy atom. The summed E-state index contributed by atoms with van der Waals surface area (Å²) in [7, 11) is 0. The van der Waals surface area contributed by atoms with Crippen molar-refractivity contribution in [1.82, 2.24) is 4.98 Å². The highest BCUT2D eigenvalue weighted by Crippen LogP contribution is 2.31. The van der Waals surface area contributed by atoms with Gasteiger partial charge in [0.1, 0.15) is 0 Å². The van der Waals surface area contributed by atoms with Crippen molar-refractivity contribution in [3.63, 3.8) is 0 Å². The number of hydrogen-bond donors (Lipinski definition) is 1. The zero-order valence-electron chi connectivity index (χ0n) is 8.70. The lowest BCUT2D eigenvalue weighted by Gasteiger charge is -2.08. The van der Waals surface area contributed by atoms with E-state index in [0.717, 1.165) is 18.3 Å². The molecule has 2 rings (SSSR count). The highest BCUT2D eigenvalue weighted by Gasteiger charge is 2.30. The third-order valence-electron chi connectivity index (χ3n) is 2.29. The van der Waals surface area contributed by atoms with Gasteiger partial charge < -0.3 is 5.73 Å². The quantitative estimate of drug-likeness (QED) is 0.774. The minimum absolute atomic E-state index is 0.278. The van der Waals surface area contributed by atoms with Crippen LogP contribution in [0.4, 0.5) is 18.9 Å². The Bertz CT molecular complexity index is 518. The van der Waals surface area contributed by atoms with Crippen LogP contribution >= 0.6 is 0 Å². The minimum atomic E-state index is -4.36. The van der Waals surface area contributed by atoms with E-state index in [2.05, 4.69) is 4.98 Å². The highest BCUT2D eigenvalue weighted by molar-refractivity contribution is 5.62. The first-order valence-electron chi connectivity index (χ1n) is 4.86. The standard InChI is InChI=1S/C12H9F3N2/c13-12(14,15)9-5-6-17-11(7-9)8-1-3-10(16)4-2-8/h1-7H,16H2. The Labute approximate surface area is 95.9 Å². The smallest absolute Gasteiger partial charge is 0.399 e. The largest absolute Gasteiger partial charge is 0.416 e. The first-order chi connectivity index (χ1) is 7.97. The van der Waals surface area contributed by atoms with E-state index in [9.17, 15) is 13.2 Å². The predicted octanol–water partition coefficient (Wildman–Crippen LogP) is 3.35. The number of alkyl halides is 3. The van der Waals surface area contributed by atoms with Gasteiger partial charge in [0.05, 0.1) is 11.3 Å². The molecule has 88 valence electrons. The number of nitrogen functional groups attached to an aromatic ring is 1. The number of hydrogen-bond acceptors (Lipinski definition) is 2. The molecule has 0 spiro atoms. The molecule has 0 radical (unpaired) electrons. The second-order valence-corrected chi connectivity index (χ2v) is 3.55. The maximum atomic E-state index is 12.5. The van der Waals surface area contributed by atoms with Gasteiger partial charge in [-0.3, -0.25) is 4.98 Å². The summed E-state index contributed by atoms with van der Waals surface area (Å²) in [5.74, 6) is 0. The molecule has 0 saturated heterocycles. The average molecular weight is 238 g/mol. The van der Waals surface area contributed by atoms with Gasteiger partial charge in [-0.15, -0.1) is 0 Å². The monoisotopic (exact) mass is 238 g/mol. The van der Waals surface area contributed by atoms with E-state index < -0.39 is 11.7 Å². The molecule has 0 unspecified atom stereocenters. The van der Waals surface area contributed by atoms with E-state index in [1.807, 2.05) is 0 Å². The fourth-order valence-electron chi connectivity index (χ4n) is 1.42. The van der Waals surface area contributed by atoms with E-state index in [1.165, 1.54) is 0 Å². The van der Waals surface area contributed by atoms with Crippen LogP contribution in [0.15, 0.2) is 42.6 Å². The molecule has 0 bridgehead atoms. The van der Waals surface area contributed by atoms with Crippen molar-refractivity contribution >= 4 is 5.69 Å². The second kappa shape index (κ2) is 4.08. The van der Waals surface area contributed by atoms with Gasteiger partial charge in [-0.1, -0.05) is 12.1 Å². The second-order valence-electron chi connectivity index (χ2n) is 3.55. The molecule has 0 fully saturated rings. The molecule has 0 saturated carbocycles. The van der Waals surface area contributed by atoms with Gasteiger partial charge in [0.25, 0.3) is 0 Å². The maximum Gasteiger partial charge on any atom is 0.416 e. The molecule has 2 aromatic rings. The van der Waals surface area contributed by atoms with E-state index in [4.69, 9.17) is 5.73 Å². The normalized spacial score (nSPS) is 11.5. The van der Waals surface area contributed by atoms with Crippen molar-refractivity contribution in [3.05, 3.63) is 48.2 Å². The molecule has 2 N–H and O–H groups in total. The van der Waals surface area contributed by atoms with Crippen LogP contribution in [0.25, 0.3) is 11.3 Å². The molecule has 0 atom stereocenters. The van der Waals surface area contributed by atoms with Crippen LogP contribution in [0, 0.1) is 0 Å². The molecule has 2 nitrogen and oxygen atoms in total. The molecule has 17 heavy (non-hydrogen) atoms. The van der Waals surface area contributed by atoms with Gasteiger partial charge in [-0.25, -0.2) is 0 Å². The predicted molar refractivity (Wildman–Crippen MR) is 59.1 cm³/mol. The lowest BCUT2D eigenvalue weighted by Crippen LogP contribution is -2.05. The van der Waals surface area contributed by atoms with Crippen molar-refractivity contribution in [2.45, 2.75) is 6.18 Å². The van der Waals surface area contributed by atoms with E-state index in [1.54, 1.807) is 24.3 Å². The van der Waals surface area contributed by atoms with Gasteiger partial charge in [0.2, 0.25) is 0 Å². The van der Waals surface area contributed by atoms with Crippen LogP contribution in [0.1, 0.15) is 5.56 Å². The third kappa shape index (κ3) is 2.55. The number of aromatic nitrogens is 1. The van der Waals surface area contributed by atoms with E-state index in [-0.39, 0.29) is 5.69 Å². The SMILES string of the molecule is Nc1ccc(-c2cc(C(F)(F)F)ccn2)cc1. The van der Waals surface area contributed by atoms with Crippen LogP contribution < -0.4 is 5.73 Å². The summed E-state index contributed by atoms with van der Waals surface area (Å²) in [5, 5.41) is 0. The molecule has 0 amide bonds. The summed E-state index contributed by atoms with van der Waals surface area (Å²) in [6.07, 6.45) is -3.21. The van der Waals surface area contributed by atoms with Crippen molar-refractivity contribution in [3.8, 4) is 11.3 Å². The number of benzene rings is 1. The maximum absolute atomic E-state index is 12.5. The van der Waals surface area contributed by atoms with Gasteiger partial charge in [-0.05, 0) is 24.3 Å². The fourth-order valence-corrected chi connectivity index (χ4v) is 1.42. The number of anilines is 1. The summed E-state index contributed by atoms with van der Waals surface area (Å²) in [6.45, 7) is 0. The van der Waals surface area contributed by atoms with Crippen molar-refractivity contribution in [2.75, 3.05) is 5.73 Å². The Kier molecular flexibility index (Phi) is 2.75. The van der Waals surface area contributed by atoms with Gasteiger partial charge in [-0.2, -0.15) is 13.2 Å². The summed E-state index contributed by atoms with van der Waals surface area (Å²) in [6, 6.07) is 8.48. The number of nitrogens with zero attached hydrogens (tertiary/aromatic N) is 1. The van der Waals surface area contributed by atoms with Crippen LogP contribution in [0.3, 0.4) is 0 Å². The number of nitrogens with two attached hydrogens (primary N) is 1. The third-order valence-corrected chi connectivity index (χ3v) is 2.29. The zero-order valence-corrected chi connectivity index (χ0v) is 8.70. The first kappa shape index (κ1) is 11.4. The molecule has 1 aromatic heterocycles. The molecule has 1 aromatic carbocycles. The molecule has 5 heteroatoms. The molecular weight excluding hydrogens is 229 g/mol. The lowest BCUT2D eigenvalue weighted by atomic mass is 10.1. The van der Waals surface area contributed by atoms with Crippen LogP contribution in [-0.4, -0.2) is 4.98 Å². The molecule has 1 heterocycles. The number of halogens is 3. The first-order valence-corrected chi connectivity index (χ1v) is 4.86. The summed E-state index contributed by atoms with van der Waals surface area (Å²) >= 11 is 0. The van der Waals surface area contributed by atoms with Crippen LogP contribution in [-0.2, 0) is 6.18 Å². The number of rotatable bonds is 1. The molecule has 0 aliphatic heterocycles. The van der Waals surface area contributed by atoms with E-state index >= 15 is 0 Å². The number of pyridine rings is 1. The van der Waals surface area contributed by atoms with Gasteiger partial charge >= 0.3 is 6.18 Å². The molecular formula is C12H9F3N2. The Balaban J connectivity index is 2.43. The highest BCUT2D eigenvalue weighted by atomic mass is 19.4. The Morgan fingerprint density at radius 3 is 2.24 bits per heavy atom.